The number of amides is 1. The van der Waals surface area contributed by atoms with Crippen molar-refractivity contribution in [1.82, 2.24) is 24.5 Å². The molecule has 4 aromatic rings. The molecule has 1 N–H and O–H groups in total. The lowest BCUT2D eigenvalue weighted by atomic mass is 9.89. The number of nitrogens with one attached hydrogen (secondary N) is 1. The van der Waals surface area contributed by atoms with Gasteiger partial charge in [0.2, 0.25) is 11.7 Å². The summed E-state index contributed by atoms with van der Waals surface area (Å²) in [7, 11) is 0. The second-order valence-corrected chi connectivity index (χ2v) is 10.2. The van der Waals surface area contributed by atoms with Crippen LogP contribution in [-0.2, 0) is 24.2 Å². The molecule has 2 heterocycles. The maximum atomic E-state index is 13.1. The van der Waals surface area contributed by atoms with Crippen LogP contribution >= 0.6 is 11.8 Å². The molecular weight excluding hydrogens is 458 g/mol. The molecule has 8 heteroatoms. The van der Waals surface area contributed by atoms with Crippen LogP contribution in [-0.4, -0.2) is 30.8 Å². The van der Waals surface area contributed by atoms with E-state index in [1.807, 2.05) is 35.6 Å². The molecule has 1 amide bonds. The van der Waals surface area contributed by atoms with Gasteiger partial charge in [-0.2, -0.15) is 0 Å². The molecule has 0 bridgehead atoms. The average molecular weight is 490 g/mol. The number of rotatable bonds is 8. The average Bonchev–Trinajstić information content (AvgIpc) is 3.31. The summed E-state index contributed by atoms with van der Waals surface area (Å²) in [4.78, 5) is 25.9. The zero-order valence-electron chi connectivity index (χ0n) is 20.3. The van der Waals surface area contributed by atoms with Gasteiger partial charge < -0.3 is 5.32 Å². The molecule has 1 aliphatic carbocycles. The molecule has 182 valence electrons. The van der Waals surface area contributed by atoms with Gasteiger partial charge in [0, 0.05) is 6.54 Å². The number of nitrogens with zero attached hydrogens (tertiary/aromatic N) is 4. The number of carbonyl (C=O) groups is 1. The van der Waals surface area contributed by atoms with Gasteiger partial charge in [0.1, 0.15) is 0 Å². The van der Waals surface area contributed by atoms with Gasteiger partial charge in [0.05, 0.1) is 22.7 Å². The molecule has 0 saturated heterocycles. The van der Waals surface area contributed by atoms with Gasteiger partial charge in [0.15, 0.2) is 5.16 Å². The van der Waals surface area contributed by atoms with Crippen molar-refractivity contribution < 1.29 is 4.79 Å². The molecule has 2 aromatic carbocycles. The lowest BCUT2D eigenvalue weighted by molar-refractivity contribution is -0.119. The van der Waals surface area contributed by atoms with E-state index in [0.29, 0.717) is 22.9 Å². The normalized spacial score (nSPS) is 14.2. The van der Waals surface area contributed by atoms with Gasteiger partial charge in [-0.3, -0.25) is 18.6 Å². The zero-order valence-corrected chi connectivity index (χ0v) is 21.1. The molecule has 35 heavy (non-hydrogen) atoms. The van der Waals surface area contributed by atoms with Gasteiger partial charge in [0.25, 0.3) is 5.56 Å². The summed E-state index contributed by atoms with van der Waals surface area (Å²) in [6.07, 6.45) is 6.63. The van der Waals surface area contributed by atoms with Crippen LogP contribution in [0.25, 0.3) is 16.7 Å². The summed E-state index contributed by atoms with van der Waals surface area (Å²) in [5.41, 5.74) is 4.71. The SMILES string of the molecule is CCCCn1c(=O)c2ccccc2n2c(SCC(=O)NC(C)c3ccc4c(c3)CCCC4)nnc12. The number of carbonyl (C=O) groups excluding carboxylic acids is 1. The van der Waals surface area contributed by atoms with Crippen molar-refractivity contribution >= 4 is 34.3 Å². The molecule has 1 aliphatic rings. The highest BCUT2D eigenvalue weighted by Gasteiger charge is 2.19. The minimum absolute atomic E-state index is 0.0536. The number of aryl methyl sites for hydroxylation is 3. The Kier molecular flexibility index (Phi) is 6.90. The zero-order chi connectivity index (χ0) is 24.4. The number of fused-ring (bicyclic) bond motifs is 4. The van der Waals surface area contributed by atoms with Crippen molar-refractivity contribution in [2.75, 3.05) is 5.75 Å². The predicted octanol–water partition coefficient (Wildman–Crippen LogP) is 4.69. The summed E-state index contributed by atoms with van der Waals surface area (Å²) in [5.74, 6) is 0.687. The highest BCUT2D eigenvalue weighted by atomic mass is 32.2. The van der Waals surface area contributed by atoms with Crippen LogP contribution in [0.3, 0.4) is 0 Å². The molecule has 7 nitrogen and oxygen atoms in total. The second kappa shape index (κ2) is 10.2. The minimum Gasteiger partial charge on any atom is -0.349 e. The number of hydrogen-bond acceptors (Lipinski definition) is 5. The van der Waals surface area contributed by atoms with Crippen LogP contribution in [0.15, 0.2) is 52.4 Å². The van der Waals surface area contributed by atoms with E-state index in [-0.39, 0.29) is 23.3 Å². The van der Waals surface area contributed by atoms with Crippen LogP contribution < -0.4 is 10.9 Å². The molecule has 1 unspecified atom stereocenters. The van der Waals surface area contributed by atoms with E-state index in [0.717, 1.165) is 36.8 Å². The molecule has 0 saturated carbocycles. The summed E-state index contributed by atoms with van der Waals surface area (Å²) in [6, 6.07) is 14.0. The third kappa shape index (κ3) is 4.72. The highest BCUT2D eigenvalue weighted by Crippen LogP contribution is 2.25. The van der Waals surface area contributed by atoms with Gasteiger partial charge in [-0.15, -0.1) is 10.2 Å². The maximum absolute atomic E-state index is 13.1. The predicted molar refractivity (Wildman–Crippen MR) is 140 cm³/mol. The van der Waals surface area contributed by atoms with E-state index < -0.39 is 0 Å². The Morgan fingerprint density at radius 1 is 1.11 bits per heavy atom. The smallest absolute Gasteiger partial charge is 0.262 e. The highest BCUT2D eigenvalue weighted by molar-refractivity contribution is 7.99. The van der Waals surface area contributed by atoms with Crippen LogP contribution in [0.5, 0.6) is 0 Å². The Morgan fingerprint density at radius 2 is 1.91 bits per heavy atom. The second-order valence-electron chi connectivity index (χ2n) is 9.26. The Labute approximate surface area is 208 Å². The third-order valence-corrected chi connectivity index (χ3v) is 7.72. The largest absolute Gasteiger partial charge is 0.349 e. The van der Waals surface area contributed by atoms with E-state index in [9.17, 15) is 9.59 Å². The number of thioether (sulfide) groups is 1. The first-order valence-corrected chi connectivity index (χ1v) is 13.5. The first-order chi connectivity index (χ1) is 17.1. The van der Waals surface area contributed by atoms with Crippen molar-refractivity contribution in [3.8, 4) is 0 Å². The molecule has 0 aliphatic heterocycles. The summed E-state index contributed by atoms with van der Waals surface area (Å²) < 4.78 is 3.60. The Morgan fingerprint density at radius 3 is 2.74 bits per heavy atom. The van der Waals surface area contributed by atoms with E-state index >= 15 is 0 Å². The van der Waals surface area contributed by atoms with Gasteiger partial charge >= 0.3 is 0 Å². The molecule has 0 radical (unpaired) electrons. The van der Waals surface area contributed by atoms with Crippen LogP contribution in [0.4, 0.5) is 0 Å². The Balaban J connectivity index is 1.35. The number of unbranched alkanes of at least 4 members (excludes halogenated alkanes) is 1. The fourth-order valence-corrected chi connectivity index (χ4v) is 5.62. The maximum Gasteiger partial charge on any atom is 0.262 e. The van der Waals surface area contributed by atoms with Crippen molar-refractivity contribution in [2.45, 2.75) is 70.1 Å². The topological polar surface area (TPSA) is 81.3 Å². The van der Waals surface area contributed by atoms with Crippen LogP contribution in [0.2, 0.25) is 0 Å². The van der Waals surface area contributed by atoms with Gasteiger partial charge in [-0.25, -0.2) is 0 Å². The fraction of sp³-hybridized carbons (Fsp3) is 0.407. The fourth-order valence-electron chi connectivity index (χ4n) is 4.86. The molecule has 2 aromatic heterocycles. The molecule has 5 rings (SSSR count). The van der Waals surface area contributed by atoms with Crippen molar-refractivity contribution in [1.29, 1.82) is 0 Å². The number of benzene rings is 2. The molecule has 0 spiro atoms. The van der Waals surface area contributed by atoms with Crippen molar-refractivity contribution in [2.24, 2.45) is 0 Å². The summed E-state index contributed by atoms with van der Waals surface area (Å²) >= 11 is 1.34. The van der Waals surface area contributed by atoms with Crippen LogP contribution in [0, 0.1) is 0 Å². The molecular formula is C27H31N5O2S. The Hall–Kier alpha value is -3.13. The third-order valence-electron chi connectivity index (χ3n) is 6.80. The Bertz CT molecular complexity index is 1440. The number of para-hydroxylation sites is 1. The van der Waals surface area contributed by atoms with E-state index in [2.05, 4.69) is 40.6 Å². The standard InChI is InChI=1S/C27H31N5O2S/c1-3-4-15-31-25(34)22-11-7-8-12-23(22)32-26(31)29-30-27(32)35-17-24(33)28-18(2)20-14-13-19-9-5-6-10-21(19)16-20/h7-8,11-14,16,18H,3-6,9-10,15,17H2,1-2H3,(H,28,33). The first-order valence-electron chi connectivity index (χ1n) is 12.5. The monoisotopic (exact) mass is 489 g/mol. The van der Waals surface area contributed by atoms with Crippen LogP contribution in [0.1, 0.15) is 62.3 Å². The van der Waals surface area contributed by atoms with Crippen molar-refractivity contribution in [3.63, 3.8) is 0 Å². The molecule has 0 fully saturated rings. The summed E-state index contributed by atoms with van der Waals surface area (Å²) in [6.45, 7) is 4.71. The van der Waals surface area contributed by atoms with Gasteiger partial charge in [-0.05, 0) is 67.9 Å². The lowest BCUT2D eigenvalue weighted by Crippen LogP contribution is -2.28. The van der Waals surface area contributed by atoms with E-state index in [1.165, 1.54) is 35.7 Å². The summed E-state index contributed by atoms with van der Waals surface area (Å²) in [5, 5.41) is 13.0. The van der Waals surface area contributed by atoms with E-state index in [1.54, 1.807) is 4.57 Å². The lowest BCUT2D eigenvalue weighted by Gasteiger charge is -2.20. The van der Waals surface area contributed by atoms with Crippen molar-refractivity contribution in [3.05, 3.63) is 69.5 Å². The number of hydrogen-bond donors (Lipinski definition) is 1. The van der Waals surface area contributed by atoms with Gasteiger partial charge in [-0.1, -0.05) is 55.4 Å². The first kappa shape index (κ1) is 23.6. The minimum atomic E-state index is -0.0643. The quantitative estimate of drug-likeness (QED) is 0.363. The molecule has 1 atom stereocenters. The number of aromatic nitrogens is 4. The van der Waals surface area contributed by atoms with E-state index in [4.69, 9.17) is 0 Å².